The van der Waals surface area contributed by atoms with Crippen LogP contribution in [-0.4, -0.2) is 36.2 Å². The number of hydrogen-bond donors (Lipinski definition) is 1. The second-order valence-electron chi connectivity index (χ2n) is 6.73. The molecule has 2 aliphatic rings. The van der Waals surface area contributed by atoms with E-state index in [1.165, 1.54) is 12.1 Å². The summed E-state index contributed by atoms with van der Waals surface area (Å²) in [6, 6.07) is 3.19. The van der Waals surface area contributed by atoms with E-state index in [-0.39, 0.29) is 36.7 Å². The van der Waals surface area contributed by atoms with Gasteiger partial charge in [0.1, 0.15) is 12.4 Å². The molecule has 1 saturated heterocycles. The molecule has 1 fully saturated rings. The van der Waals surface area contributed by atoms with Crippen LogP contribution in [-0.2, 0) is 9.53 Å². The van der Waals surface area contributed by atoms with Gasteiger partial charge in [-0.3, -0.25) is 5.32 Å². The Balaban J connectivity index is 1.68. The highest BCUT2D eigenvalue weighted by Gasteiger charge is 2.56. The molecule has 1 aromatic rings. The second-order valence-corrected chi connectivity index (χ2v) is 6.73. The quantitative estimate of drug-likeness (QED) is 0.461. The normalized spacial score (nSPS) is 29.2. The molecular weight excluding hydrogens is 362 g/mol. The largest absolute Gasteiger partial charge is 0.626 e. The van der Waals surface area contributed by atoms with E-state index in [1.807, 2.05) is 0 Å². The average Bonchev–Trinajstić information content (AvgIpc) is 2.92. The number of hydrogen-bond acceptors (Lipinski definition) is 6. The molecular formula is C18H22F2N2O5. The first-order valence-corrected chi connectivity index (χ1v) is 8.67. The van der Waals surface area contributed by atoms with Crippen molar-refractivity contribution in [3.05, 3.63) is 41.2 Å². The van der Waals surface area contributed by atoms with Gasteiger partial charge in [0.25, 0.3) is 0 Å². The number of fused-ring (bicyclic) bond motifs is 1. The van der Waals surface area contributed by atoms with Crippen LogP contribution in [0.25, 0.3) is 0 Å². The van der Waals surface area contributed by atoms with Gasteiger partial charge in [0.2, 0.25) is 6.04 Å². The number of ether oxygens (including phenoxy) is 3. The molecule has 3 rings (SSSR count). The maximum absolute atomic E-state index is 13.1. The summed E-state index contributed by atoms with van der Waals surface area (Å²) >= 11 is 0. The molecule has 2 aliphatic heterocycles. The zero-order chi connectivity index (χ0) is 20.0. The zero-order valence-corrected chi connectivity index (χ0v) is 15.3. The topological polar surface area (TPSA) is 79.9 Å². The predicted molar refractivity (Wildman–Crippen MR) is 91.4 cm³/mol. The fourth-order valence-electron chi connectivity index (χ4n) is 3.41. The van der Waals surface area contributed by atoms with Crippen molar-refractivity contribution in [3.8, 4) is 11.5 Å². The number of quaternary nitrogens is 1. The monoisotopic (exact) mass is 384 g/mol. The first-order chi connectivity index (χ1) is 12.6. The van der Waals surface area contributed by atoms with E-state index in [2.05, 4.69) is 21.4 Å². The lowest BCUT2D eigenvalue weighted by Gasteiger charge is -2.58. The van der Waals surface area contributed by atoms with Gasteiger partial charge >= 0.3 is 12.3 Å². The molecule has 0 aromatic heterocycles. The Kier molecular flexibility index (Phi) is 4.87. The van der Waals surface area contributed by atoms with Crippen LogP contribution in [0, 0.1) is 11.1 Å². The number of halogens is 2. The molecule has 0 aliphatic carbocycles. The second kappa shape index (κ2) is 6.74. The fourth-order valence-corrected chi connectivity index (χ4v) is 3.41. The summed E-state index contributed by atoms with van der Waals surface area (Å²) in [6.07, 6.45) is -3.68. The minimum absolute atomic E-state index is 0.0457. The lowest BCUT2D eigenvalue weighted by Crippen LogP contribution is -2.70. The Bertz CT molecular complexity index is 772. The Labute approximate surface area is 155 Å². The molecule has 148 valence electrons. The summed E-state index contributed by atoms with van der Waals surface area (Å²) in [6.45, 7) is 9.10. The first kappa shape index (κ1) is 19.5. The smallest absolute Gasteiger partial charge is 0.586 e. The number of carbonyl (C=O) groups is 1. The molecule has 2 heterocycles. The van der Waals surface area contributed by atoms with Gasteiger partial charge in [0, 0.05) is 6.04 Å². The molecule has 0 bridgehead atoms. The van der Waals surface area contributed by atoms with Crippen LogP contribution in [0.15, 0.2) is 30.5 Å². The van der Waals surface area contributed by atoms with Crippen LogP contribution in [0.1, 0.15) is 32.4 Å². The first-order valence-electron chi connectivity index (χ1n) is 8.67. The predicted octanol–water partition coefficient (Wildman–Crippen LogP) is 3.03. The minimum Gasteiger partial charge on any atom is -0.626 e. The lowest BCUT2D eigenvalue weighted by atomic mass is 9.86. The van der Waals surface area contributed by atoms with E-state index in [1.54, 1.807) is 26.8 Å². The van der Waals surface area contributed by atoms with Gasteiger partial charge in [0.05, 0.1) is 12.5 Å². The summed E-state index contributed by atoms with van der Waals surface area (Å²) in [5.74, 6) is -0.933. The van der Waals surface area contributed by atoms with Crippen LogP contribution in [0.4, 0.5) is 8.78 Å². The van der Waals surface area contributed by atoms with Crippen molar-refractivity contribution in [3.63, 3.8) is 0 Å². The van der Waals surface area contributed by atoms with Gasteiger partial charge < -0.3 is 24.1 Å². The van der Waals surface area contributed by atoms with Crippen molar-refractivity contribution in [2.45, 2.75) is 39.1 Å². The fraction of sp³-hybridized carbons (Fsp3) is 0.500. The third-order valence-electron chi connectivity index (χ3n) is 5.02. The molecule has 0 amide bonds. The van der Waals surface area contributed by atoms with Crippen molar-refractivity contribution < 1.29 is 32.4 Å². The van der Waals surface area contributed by atoms with Gasteiger partial charge in [-0.15, -0.1) is 8.78 Å². The van der Waals surface area contributed by atoms with Crippen LogP contribution >= 0.6 is 0 Å². The van der Waals surface area contributed by atoms with Crippen LogP contribution < -0.4 is 14.8 Å². The molecule has 27 heavy (non-hydrogen) atoms. The highest BCUT2D eigenvalue weighted by atomic mass is 19.3. The average molecular weight is 384 g/mol. The Morgan fingerprint density at radius 3 is 2.78 bits per heavy atom. The molecule has 1 unspecified atom stereocenters. The molecule has 0 saturated carbocycles. The molecule has 9 heteroatoms. The summed E-state index contributed by atoms with van der Waals surface area (Å²) in [5, 5.41) is 16.1. The molecule has 4 atom stereocenters. The Morgan fingerprint density at radius 1 is 1.44 bits per heavy atom. The highest BCUT2D eigenvalue weighted by molar-refractivity contribution is 5.77. The van der Waals surface area contributed by atoms with Gasteiger partial charge in [-0.1, -0.05) is 6.07 Å². The number of hydroxylamine groups is 3. The Morgan fingerprint density at radius 2 is 2.11 bits per heavy atom. The summed E-state index contributed by atoms with van der Waals surface area (Å²) in [5.41, 5.74) is 1.02. The van der Waals surface area contributed by atoms with Gasteiger partial charge in [0.15, 0.2) is 11.5 Å². The number of benzene rings is 1. The third-order valence-corrected chi connectivity index (χ3v) is 5.02. The summed E-state index contributed by atoms with van der Waals surface area (Å²) < 4.78 is 39.2. The molecule has 0 spiro atoms. The Hall–Kier alpha value is -2.23. The number of rotatable bonds is 6. The third kappa shape index (κ3) is 3.38. The van der Waals surface area contributed by atoms with E-state index in [0.29, 0.717) is 11.3 Å². The highest BCUT2D eigenvalue weighted by Crippen LogP contribution is 2.44. The number of likely N-dealkylation sites (tertiary alicyclic amines) is 1. The maximum atomic E-state index is 13.1. The molecule has 0 radical (unpaired) electrons. The van der Waals surface area contributed by atoms with E-state index in [0.717, 1.165) is 0 Å². The van der Waals surface area contributed by atoms with E-state index < -0.39 is 23.0 Å². The number of nitrogens with one attached hydrogen (secondary N) is 1. The zero-order valence-electron chi connectivity index (χ0n) is 15.3. The van der Waals surface area contributed by atoms with Crippen molar-refractivity contribution in [2.75, 3.05) is 13.3 Å². The van der Waals surface area contributed by atoms with Gasteiger partial charge in [-0.05, 0) is 45.0 Å². The standard InChI is InChI=1S/C18H22F2N2O5/c1-5-25-17(23)16-10(2)12(4)22(16,24)9-21-11(3)13-6-7-14-15(8-13)27-18(19,20)26-14/h6-8,10-11,16,21H,4-5,9H2,1-3H3/t10-,11+,16-,22?/m0/s1. The number of nitrogens with zero attached hydrogens (tertiary/aromatic N) is 1. The maximum Gasteiger partial charge on any atom is 0.586 e. The molecule has 1 aromatic carbocycles. The van der Waals surface area contributed by atoms with Crippen LogP contribution in [0.5, 0.6) is 11.5 Å². The van der Waals surface area contributed by atoms with Gasteiger partial charge in [-0.25, -0.2) is 4.79 Å². The summed E-state index contributed by atoms with van der Waals surface area (Å²) in [7, 11) is 0. The number of carbonyl (C=O) groups excluding carboxylic acids is 1. The number of esters is 1. The van der Waals surface area contributed by atoms with Crippen molar-refractivity contribution in [1.29, 1.82) is 0 Å². The van der Waals surface area contributed by atoms with Crippen molar-refractivity contribution in [2.24, 2.45) is 5.92 Å². The van der Waals surface area contributed by atoms with Crippen molar-refractivity contribution >= 4 is 5.97 Å². The van der Waals surface area contributed by atoms with Crippen LogP contribution in [0.2, 0.25) is 0 Å². The molecule has 7 nitrogen and oxygen atoms in total. The lowest BCUT2D eigenvalue weighted by molar-refractivity contribution is -0.908. The SMILES string of the molecule is C=C1[C@H](C)[C@@H](C(=O)OCC)[N+]1([O-])CN[C@H](C)c1ccc2c(c1)OC(F)(F)O2. The van der Waals surface area contributed by atoms with E-state index in [4.69, 9.17) is 4.74 Å². The van der Waals surface area contributed by atoms with Crippen molar-refractivity contribution in [1.82, 2.24) is 5.32 Å². The number of alkyl halides is 2. The summed E-state index contributed by atoms with van der Waals surface area (Å²) in [4.78, 5) is 12.1. The molecule has 1 N–H and O–H groups in total. The minimum atomic E-state index is -3.68. The van der Waals surface area contributed by atoms with E-state index >= 15 is 0 Å². The van der Waals surface area contributed by atoms with E-state index in [9.17, 15) is 18.8 Å². The van der Waals surface area contributed by atoms with Gasteiger partial charge in [-0.2, -0.15) is 0 Å². The van der Waals surface area contributed by atoms with Crippen LogP contribution in [0.3, 0.4) is 0 Å².